The Morgan fingerprint density at radius 1 is 1.31 bits per heavy atom. The van der Waals surface area contributed by atoms with Crippen LogP contribution in [0.25, 0.3) is 0 Å². The molecule has 0 rings (SSSR count). The highest BCUT2D eigenvalue weighted by Crippen LogP contribution is 1.97. The number of ketones is 1. The number of unbranched alkanes of at least 4 members (excludes halogenated alkanes) is 1. The van der Waals surface area contributed by atoms with Crippen molar-refractivity contribution in [3.63, 3.8) is 0 Å². The van der Waals surface area contributed by atoms with Gasteiger partial charge < -0.3 is 9.69 Å². The topological polar surface area (TPSA) is 37.4 Å². The Labute approximate surface area is 80.1 Å². The average Bonchev–Trinajstić information content (AvgIpc) is 2.10. The number of hydrogen-bond donors (Lipinski definition) is 0. The summed E-state index contributed by atoms with van der Waals surface area (Å²) in [5, 5.41) is 0. The van der Waals surface area contributed by atoms with Crippen LogP contribution in [0, 0.1) is 0 Å². The molecule has 0 bridgehead atoms. The lowest BCUT2D eigenvalue weighted by Crippen LogP contribution is -2.24. The maximum atomic E-state index is 10.6. The number of nitrogens with zero attached hydrogens (tertiary/aromatic N) is 1. The van der Waals surface area contributed by atoms with Crippen molar-refractivity contribution in [3.8, 4) is 0 Å². The number of rotatable bonds is 8. The van der Waals surface area contributed by atoms with Crippen molar-refractivity contribution in [1.29, 1.82) is 0 Å². The Kier molecular flexibility index (Phi) is 7.26. The van der Waals surface area contributed by atoms with E-state index in [1.54, 1.807) is 11.8 Å². The number of carbonyl (C=O) groups is 2. The van der Waals surface area contributed by atoms with E-state index in [1.165, 1.54) is 0 Å². The van der Waals surface area contributed by atoms with Crippen LogP contribution in [-0.2, 0) is 9.59 Å². The molecule has 3 nitrogen and oxygen atoms in total. The maximum Gasteiger partial charge on any atom is 0.209 e. The van der Waals surface area contributed by atoms with E-state index in [-0.39, 0.29) is 5.78 Å². The van der Waals surface area contributed by atoms with Crippen LogP contribution in [0.4, 0.5) is 0 Å². The average molecular weight is 185 g/mol. The van der Waals surface area contributed by atoms with E-state index >= 15 is 0 Å². The summed E-state index contributed by atoms with van der Waals surface area (Å²) in [7, 11) is 0. The molecule has 76 valence electrons. The molecule has 0 aromatic rings. The number of hydrogen-bond acceptors (Lipinski definition) is 2. The molecular weight excluding hydrogens is 166 g/mol. The Hall–Kier alpha value is -0.860. The molecular formula is C10H19NO2. The van der Waals surface area contributed by atoms with Crippen LogP contribution < -0.4 is 0 Å². The van der Waals surface area contributed by atoms with E-state index in [1.807, 2.05) is 0 Å². The van der Waals surface area contributed by atoms with Gasteiger partial charge in [-0.15, -0.1) is 0 Å². The molecule has 0 aliphatic carbocycles. The fourth-order valence-electron chi connectivity index (χ4n) is 1.11. The quantitative estimate of drug-likeness (QED) is 0.539. The molecule has 0 unspecified atom stereocenters. The van der Waals surface area contributed by atoms with E-state index in [0.29, 0.717) is 13.0 Å². The third-order valence-corrected chi connectivity index (χ3v) is 1.92. The molecule has 1 amide bonds. The third kappa shape index (κ3) is 7.50. The lowest BCUT2D eigenvalue weighted by molar-refractivity contribution is -0.120. The lowest BCUT2D eigenvalue weighted by Gasteiger charge is -2.15. The predicted octanol–water partition coefficient (Wildman–Crippen LogP) is 1.61. The van der Waals surface area contributed by atoms with E-state index in [9.17, 15) is 9.59 Å². The summed E-state index contributed by atoms with van der Waals surface area (Å²) in [5.41, 5.74) is 0. The first-order chi connectivity index (χ1) is 6.20. The molecule has 0 spiro atoms. The summed E-state index contributed by atoms with van der Waals surface area (Å²) in [5.74, 6) is 0.196. The molecule has 0 aliphatic heterocycles. The number of Topliss-reactive ketones (excluding diaryl/α,β-unsaturated/α-hetero) is 1. The highest BCUT2D eigenvalue weighted by molar-refractivity contribution is 5.75. The van der Waals surface area contributed by atoms with Crippen molar-refractivity contribution in [2.24, 2.45) is 0 Å². The molecule has 3 heteroatoms. The predicted molar refractivity (Wildman–Crippen MR) is 52.5 cm³/mol. The molecule has 0 radical (unpaired) electrons. The zero-order valence-electron chi connectivity index (χ0n) is 8.58. The normalized spacial score (nSPS) is 9.69. The van der Waals surface area contributed by atoms with Crippen molar-refractivity contribution < 1.29 is 9.59 Å². The summed E-state index contributed by atoms with van der Waals surface area (Å²) in [4.78, 5) is 22.9. The van der Waals surface area contributed by atoms with E-state index in [0.717, 1.165) is 32.2 Å². The van der Waals surface area contributed by atoms with E-state index < -0.39 is 0 Å². The van der Waals surface area contributed by atoms with Crippen molar-refractivity contribution in [3.05, 3.63) is 0 Å². The third-order valence-electron chi connectivity index (χ3n) is 1.92. The van der Waals surface area contributed by atoms with E-state index in [4.69, 9.17) is 0 Å². The SMILES string of the molecule is CCCCN(C=O)CCCC(C)=O. The van der Waals surface area contributed by atoms with Crippen LogP contribution in [0.1, 0.15) is 39.5 Å². The first-order valence-corrected chi connectivity index (χ1v) is 4.89. The fourth-order valence-corrected chi connectivity index (χ4v) is 1.11. The summed E-state index contributed by atoms with van der Waals surface area (Å²) >= 11 is 0. The first-order valence-electron chi connectivity index (χ1n) is 4.89. The smallest absolute Gasteiger partial charge is 0.209 e. The molecule has 0 N–H and O–H groups in total. The number of carbonyl (C=O) groups excluding carboxylic acids is 2. The van der Waals surface area contributed by atoms with Gasteiger partial charge in [-0.2, -0.15) is 0 Å². The zero-order chi connectivity index (χ0) is 10.1. The maximum absolute atomic E-state index is 10.6. The van der Waals surface area contributed by atoms with Crippen LogP contribution in [0.3, 0.4) is 0 Å². The lowest BCUT2D eigenvalue weighted by atomic mass is 10.2. The molecule has 0 saturated carbocycles. The highest BCUT2D eigenvalue weighted by atomic mass is 16.1. The molecule has 0 atom stereocenters. The fraction of sp³-hybridized carbons (Fsp3) is 0.800. The minimum absolute atomic E-state index is 0.196. The Morgan fingerprint density at radius 3 is 2.38 bits per heavy atom. The van der Waals surface area contributed by atoms with Crippen LogP contribution in [-0.4, -0.2) is 30.2 Å². The molecule has 0 aliphatic rings. The van der Waals surface area contributed by atoms with Crippen molar-refractivity contribution >= 4 is 12.2 Å². The monoisotopic (exact) mass is 185 g/mol. The Morgan fingerprint density at radius 2 is 1.92 bits per heavy atom. The molecule has 0 saturated heterocycles. The van der Waals surface area contributed by atoms with Gasteiger partial charge in [-0.25, -0.2) is 0 Å². The van der Waals surface area contributed by atoms with Gasteiger partial charge in [0.25, 0.3) is 0 Å². The second-order valence-electron chi connectivity index (χ2n) is 3.30. The minimum atomic E-state index is 0.196. The van der Waals surface area contributed by atoms with E-state index in [2.05, 4.69) is 6.92 Å². The standard InChI is InChI=1S/C10H19NO2/c1-3-4-7-11(9-12)8-5-6-10(2)13/h9H,3-8H2,1-2H3. The van der Waals surface area contributed by atoms with Crippen molar-refractivity contribution in [1.82, 2.24) is 4.90 Å². The van der Waals surface area contributed by atoms with Gasteiger partial charge in [0.2, 0.25) is 6.41 Å². The largest absolute Gasteiger partial charge is 0.345 e. The molecule has 13 heavy (non-hydrogen) atoms. The van der Waals surface area contributed by atoms with Gasteiger partial charge in [0.15, 0.2) is 0 Å². The van der Waals surface area contributed by atoms with Gasteiger partial charge >= 0.3 is 0 Å². The van der Waals surface area contributed by atoms with Crippen LogP contribution in [0.5, 0.6) is 0 Å². The summed E-state index contributed by atoms with van der Waals surface area (Å²) in [6, 6.07) is 0. The second kappa shape index (κ2) is 7.77. The van der Waals surface area contributed by atoms with Crippen molar-refractivity contribution in [2.75, 3.05) is 13.1 Å². The summed E-state index contributed by atoms with van der Waals surface area (Å²) in [6.07, 6.45) is 4.37. The van der Waals surface area contributed by atoms with Crippen LogP contribution >= 0.6 is 0 Å². The second-order valence-corrected chi connectivity index (χ2v) is 3.30. The van der Waals surface area contributed by atoms with Gasteiger partial charge in [-0.05, 0) is 19.8 Å². The molecule has 0 fully saturated rings. The Bertz CT molecular complexity index is 157. The van der Waals surface area contributed by atoms with Crippen molar-refractivity contribution in [2.45, 2.75) is 39.5 Å². The molecule has 0 aromatic heterocycles. The molecule has 0 heterocycles. The zero-order valence-corrected chi connectivity index (χ0v) is 8.58. The van der Waals surface area contributed by atoms with Gasteiger partial charge in [-0.1, -0.05) is 13.3 Å². The first kappa shape index (κ1) is 12.1. The molecule has 0 aromatic carbocycles. The highest BCUT2D eigenvalue weighted by Gasteiger charge is 2.01. The minimum Gasteiger partial charge on any atom is -0.345 e. The number of amides is 1. The van der Waals surface area contributed by atoms with Gasteiger partial charge in [0.05, 0.1) is 0 Å². The summed E-state index contributed by atoms with van der Waals surface area (Å²) in [6.45, 7) is 5.21. The van der Waals surface area contributed by atoms with Crippen LogP contribution in [0.15, 0.2) is 0 Å². The van der Waals surface area contributed by atoms with Gasteiger partial charge in [-0.3, -0.25) is 4.79 Å². The van der Waals surface area contributed by atoms with Gasteiger partial charge in [0, 0.05) is 19.5 Å². The summed E-state index contributed by atoms with van der Waals surface area (Å²) < 4.78 is 0. The van der Waals surface area contributed by atoms with Gasteiger partial charge in [0.1, 0.15) is 5.78 Å². The van der Waals surface area contributed by atoms with Crippen LogP contribution in [0.2, 0.25) is 0 Å². The Balaban J connectivity index is 3.47.